The molecule has 1 heteroatoms. The minimum absolute atomic E-state index is 0.503. The maximum absolute atomic E-state index is 3.95. The van der Waals surface area contributed by atoms with E-state index < -0.39 is 0 Å². The summed E-state index contributed by atoms with van der Waals surface area (Å²) in [6.45, 7) is 17.8. The van der Waals surface area contributed by atoms with Crippen LogP contribution in [0.1, 0.15) is 20.3 Å². The molecular weight excluding hydrogens is 158 g/mol. The quantitative estimate of drug-likeness (QED) is 0.428. The lowest BCUT2D eigenvalue weighted by Crippen LogP contribution is -2.27. The van der Waals surface area contributed by atoms with E-state index in [1.54, 1.807) is 0 Å². The Kier molecular flexibility index (Phi) is 6.03. The zero-order valence-electron chi connectivity index (χ0n) is 8.92. The van der Waals surface area contributed by atoms with Crippen LogP contribution < -0.4 is 0 Å². The molecule has 0 radical (unpaired) electrons. The Morgan fingerprint density at radius 1 is 1.46 bits per heavy atom. The van der Waals surface area contributed by atoms with Gasteiger partial charge < -0.3 is 4.90 Å². The Morgan fingerprint density at radius 3 is 2.46 bits per heavy atom. The van der Waals surface area contributed by atoms with Crippen LogP contribution in [0, 0.1) is 5.92 Å². The molecule has 0 saturated heterocycles. The van der Waals surface area contributed by atoms with E-state index in [9.17, 15) is 0 Å². The lowest BCUT2D eigenvalue weighted by Gasteiger charge is -2.26. The van der Waals surface area contributed by atoms with Gasteiger partial charge in [0, 0.05) is 18.8 Å². The third kappa shape index (κ3) is 4.56. The van der Waals surface area contributed by atoms with Gasteiger partial charge in [-0.05, 0) is 18.4 Å². The van der Waals surface area contributed by atoms with Crippen LogP contribution >= 0.6 is 0 Å². The highest BCUT2D eigenvalue weighted by atomic mass is 15.1. The molecule has 0 aliphatic rings. The largest absolute Gasteiger partial charge is 0.371 e. The summed E-state index contributed by atoms with van der Waals surface area (Å²) in [7, 11) is 0. The van der Waals surface area contributed by atoms with Crippen LogP contribution in [0.25, 0.3) is 0 Å². The first kappa shape index (κ1) is 12.0. The molecule has 0 saturated carbocycles. The van der Waals surface area contributed by atoms with Gasteiger partial charge >= 0.3 is 0 Å². The van der Waals surface area contributed by atoms with Crippen molar-refractivity contribution in [3.8, 4) is 0 Å². The first-order chi connectivity index (χ1) is 6.15. The first-order valence-electron chi connectivity index (χ1n) is 4.84. The average Bonchev–Trinajstić information content (AvgIpc) is 2.15. The SMILES string of the molecule is C=CC(=C)N(CCC)CC(C)C=C. The summed E-state index contributed by atoms with van der Waals surface area (Å²) in [4.78, 5) is 2.25. The van der Waals surface area contributed by atoms with Gasteiger partial charge in [0.1, 0.15) is 0 Å². The van der Waals surface area contributed by atoms with Crippen molar-refractivity contribution in [3.63, 3.8) is 0 Å². The number of hydrogen-bond donors (Lipinski definition) is 0. The summed E-state index contributed by atoms with van der Waals surface area (Å²) in [5.41, 5.74) is 1.01. The highest BCUT2D eigenvalue weighted by molar-refractivity contribution is 5.10. The number of allylic oxidation sites excluding steroid dienone is 1. The summed E-state index contributed by atoms with van der Waals surface area (Å²) in [5, 5.41) is 0. The van der Waals surface area contributed by atoms with Crippen LogP contribution in [0.3, 0.4) is 0 Å². The molecule has 0 aromatic carbocycles. The zero-order chi connectivity index (χ0) is 10.3. The molecule has 0 bridgehead atoms. The third-order valence-electron chi connectivity index (χ3n) is 2.05. The molecule has 1 atom stereocenters. The van der Waals surface area contributed by atoms with Gasteiger partial charge in [0.2, 0.25) is 0 Å². The van der Waals surface area contributed by atoms with Crippen molar-refractivity contribution in [1.29, 1.82) is 0 Å². The third-order valence-corrected chi connectivity index (χ3v) is 2.05. The van der Waals surface area contributed by atoms with Crippen LogP contribution in [0.15, 0.2) is 37.6 Å². The Hall–Kier alpha value is -0.980. The van der Waals surface area contributed by atoms with Gasteiger partial charge in [-0.25, -0.2) is 0 Å². The van der Waals surface area contributed by atoms with Crippen LogP contribution in [-0.2, 0) is 0 Å². The minimum Gasteiger partial charge on any atom is -0.371 e. The van der Waals surface area contributed by atoms with E-state index >= 15 is 0 Å². The lowest BCUT2D eigenvalue weighted by atomic mass is 10.1. The second kappa shape index (κ2) is 6.53. The molecular formula is C12H21N. The molecule has 0 spiro atoms. The molecule has 74 valence electrons. The fraction of sp³-hybridized carbons (Fsp3) is 0.500. The molecule has 0 aromatic heterocycles. The number of hydrogen-bond acceptors (Lipinski definition) is 1. The van der Waals surface area contributed by atoms with E-state index in [2.05, 4.69) is 38.5 Å². The monoisotopic (exact) mass is 179 g/mol. The average molecular weight is 179 g/mol. The Bertz CT molecular complexity index is 182. The van der Waals surface area contributed by atoms with Gasteiger partial charge in [-0.1, -0.05) is 33.1 Å². The second-order valence-electron chi connectivity index (χ2n) is 3.35. The molecule has 1 nitrogen and oxygen atoms in total. The van der Waals surface area contributed by atoms with Crippen LogP contribution in [-0.4, -0.2) is 18.0 Å². The molecule has 0 aromatic rings. The highest BCUT2D eigenvalue weighted by Gasteiger charge is 2.06. The maximum atomic E-state index is 3.95. The second-order valence-corrected chi connectivity index (χ2v) is 3.35. The minimum atomic E-state index is 0.503. The molecule has 0 fully saturated rings. The molecule has 0 aliphatic carbocycles. The predicted octanol–water partition coefficient (Wildman–Crippen LogP) is 3.22. The van der Waals surface area contributed by atoms with E-state index in [0.29, 0.717) is 5.92 Å². The molecule has 0 aliphatic heterocycles. The van der Waals surface area contributed by atoms with E-state index in [0.717, 1.165) is 25.2 Å². The van der Waals surface area contributed by atoms with E-state index in [-0.39, 0.29) is 0 Å². The fourth-order valence-electron chi connectivity index (χ4n) is 1.17. The molecule has 0 heterocycles. The molecule has 13 heavy (non-hydrogen) atoms. The van der Waals surface area contributed by atoms with Crippen molar-refractivity contribution in [1.82, 2.24) is 4.90 Å². The summed E-state index contributed by atoms with van der Waals surface area (Å²) in [6, 6.07) is 0. The summed E-state index contributed by atoms with van der Waals surface area (Å²) in [5.74, 6) is 0.503. The molecule has 1 unspecified atom stereocenters. The maximum Gasteiger partial charge on any atom is 0.0287 e. The van der Waals surface area contributed by atoms with Crippen LogP contribution in [0.5, 0.6) is 0 Å². The topological polar surface area (TPSA) is 3.24 Å². The van der Waals surface area contributed by atoms with Gasteiger partial charge in [-0.15, -0.1) is 6.58 Å². The van der Waals surface area contributed by atoms with Crippen molar-refractivity contribution in [3.05, 3.63) is 37.6 Å². The van der Waals surface area contributed by atoms with Gasteiger partial charge in [-0.3, -0.25) is 0 Å². The first-order valence-corrected chi connectivity index (χ1v) is 4.84. The van der Waals surface area contributed by atoms with Crippen molar-refractivity contribution in [2.45, 2.75) is 20.3 Å². The smallest absolute Gasteiger partial charge is 0.0287 e. The number of nitrogens with zero attached hydrogens (tertiary/aromatic N) is 1. The normalized spacial score (nSPS) is 11.8. The molecule has 0 N–H and O–H groups in total. The molecule has 0 rings (SSSR count). The van der Waals surface area contributed by atoms with E-state index in [4.69, 9.17) is 0 Å². The van der Waals surface area contributed by atoms with Crippen LogP contribution in [0.2, 0.25) is 0 Å². The number of rotatable bonds is 7. The van der Waals surface area contributed by atoms with Crippen molar-refractivity contribution in [2.24, 2.45) is 5.92 Å². The van der Waals surface area contributed by atoms with Crippen molar-refractivity contribution >= 4 is 0 Å². The zero-order valence-corrected chi connectivity index (χ0v) is 8.92. The van der Waals surface area contributed by atoms with Gasteiger partial charge in [0.05, 0.1) is 0 Å². The lowest BCUT2D eigenvalue weighted by molar-refractivity contribution is 0.328. The summed E-state index contributed by atoms with van der Waals surface area (Å²) >= 11 is 0. The van der Waals surface area contributed by atoms with Gasteiger partial charge in [0.25, 0.3) is 0 Å². The van der Waals surface area contributed by atoms with Crippen LogP contribution in [0.4, 0.5) is 0 Å². The van der Waals surface area contributed by atoms with E-state index in [1.807, 2.05) is 12.2 Å². The van der Waals surface area contributed by atoms with Gasteiger partial charge in [0.15, 0.2) is 0 Å². The van der Waals surface area contributed by atoms with Gasteiger partial charge in [-0.2, -0.15) is 0 Å². The fourth-order valence-corrected chi connectivity index (χ4v) is 1.17. The predicted molar refractivity (Wildman–Crippen MR) is 60.6 cm³/mol. The van der Waals surface area contributed by atoms with E-state index in [1.165, 1.54) is 0 Å². The Morgan fingerprint density at radius 2 is 2.08 bits per heavy atom. The summed E-state index contributed by atoms with van der Waals surface area (Å²) < 4.78 is 0. The van der Waals surface area contributed by atoms with Crippen molar-refractivity contribution < 1.29 is 0 Å². The Labute approximate surface area is 82.4 Å². The highest BCUT2D eigenvalue weighted by Crippen LogP contribution is 2.08. The van der Waals surface area contributed by atoms with Crippen molar-refractivity contribution in [2.75, 3.05) is 13.1 Å². The standard InChI is InChI=1S/C12H21N/c1-6-9-13(12(5)8-3)10-11(4)7-2/h7-8,11H,2-3,5-6,9-10H2,1,4H3. The summed E-state index contributed by atoms with van der Waals surface area (Å²) in [6.07, 6.45) is 4.92. The molecule has 0 amide bonds. The Balaban J connectivity index is 4.15.